The van der Waals surface area contributed by atoms with Gasteiger partial charge in [0.15, 0.2) is 0 Å². The Morgan fingerprint density at radius 2 is 1.14 bits per heavy atom. The van der Waals surface area contributed by atoms with Gasteiger partial charge < -0.3 is 10.2 Å². The number of aliphatic carboxylic acids is 2. The topological polar surface area (TPSA) is 74.6 Å². The summed E-state index contributed by atoms with van der Waals surface area (Å²) in [4.78, 5) is 22.6. The normalized spacial score (nSPS) is 10.3. The molecule has 0 unspecified atom stereocenters. The second kappa shape index (κ2) is 6.72. The zero-order chi connectivity index (χ0) is 16.1. The number of benzene rings is 2. The van der Waals surface area contributed by atoms with Gasteiger partial charge >= 0.3 is 11.9 Å². The molecule has 0 saturated heterocycles. The van der Waals surface area contributed by atoms with Crippen LogP contribution in [0.4, 0.5) is 0 Å². The first kappa shape index (κ1) is 15.5. The van der Waals surface area contributed by atoms with E-state index in [1.165, 1.54) is 0 Å². The minimum atomic E-state index is -1.43. The molecule has 2 aromatic rings. The van der Waals surface area contributed by atoms with Gasteiger partial charge in [-0.15, -0.1) is 0 Å². The third-order valence-electron chi connectivity index (χ3n) is 3.52. The van der Waals surface area contributed by atoms with Crippen molar-refractivity contribution in [3.05, 3.63) is 82.9 Å². The molecule has 0 aromatic heterocycles. The van der Waals surface area contributed by atoms with Crippen LogP contribution in [-0.4, -0.2) is 22.2 Å². The highest BCUT2D eigenvalue weighted by Crippen LogP contribution is 2.33. The molecule has 0 amide bonds. The summed E-state index contributed by atoms with van der Waals surface area (Å²) < 4.78 is 0. The van der Waals surface area contributed by atoms with Crippen molar-refractivity contribution in [1.29, 1.82) is 0 Å². The van der Waals surface area contributed by atoms with Crippen molar-refractivity contribution in [1.82, 2.24) is 0 Å². The fourth-order valence-corrected chi connectivity index (χ4v) is 2.56. The van der Waals surface area contributed by atoms with Crippen molar-refractivity contribution in [3.63, 3.8) is 0 Å². The van der Waals surface area contributed by atoms with Gasteiger partial charge in [-0.25, -0.2) is 9.59 Å². The average Bonchev–Trinajstić information content (AvgIpc) is 2.49. The second-order valence-corrected chi connectivity index (χ2v) is 4.92. The van der Waals surface area contributed by atoms with Gasteiger partial charge in [-0.1, -0.05) is 60.7 Å². The minimum absolute atomic E-state index is 0.303. The number of carboxylic acid groups (broad SMARTS) is 2. The fourth-order valence-electron chi connectivity index (χ4n) is 2.56. The molecule has 4 heteroatoms. The minimum Gasteiger partial charge on any atom is -0.477 e. The van der Waals surface area contributed by atoms with E-state index in [1.54, 1.807) is 6.92 Å². The molecule has 0 aliphatic heterocycles. The van der Waals surface area contributed by atoms with Gasteiger partial charge in [-0.3, -0.25) is 0 Å². The quantitative estimate of drug-likeness (QED) is 0.504. The Hall–Kier alpha value is -2.88. The van der Waals surface area contributed by atoms with Gasteiger partial charge in [-0.2, -0.15) is 0 Å². The number of rotatable bonds is 5. The highest BCUT2D eigenvalue weighted by molar-refractivity contribution is 6.13. The molecule has 0 aliphatic rings. The van der Waals surface area contributed by atoms with Gasteiger partial charge in [0, 0.05) is 5.92 Å². The summed E-state index contributed by atoms with van der Waals surface area (Å²) in [5.74, 6) is -3.27. The summed E-state index contributed by atoms with van der Waals surface area (Å²) in [6.45, 7) is 1.56. The van der Waals surface area contributed by atoms with Crippen LogP contribution in [0, 0.1) is 0 Å². The molecule has 0 aliphatic carbocycles. The Bertz CT molecular complexity index is 647. The molecular formula is C18H16O4. The molecule has 0 radical (unpaired) electrons. The lowest BCUT2D eigenvalue weighted by Crippen LogP contribution is -2.17. The number of hydrogen-bond donors (Lipinski definition) is 2. The van der Waals surface area contributed by atoms with E-state index in [0.29, 0.717) is 5.57 Å². The van der Waals surface area contributed by atoms with Crippen LogP contribution in [0.25, 0.3) is 0 Å². The summed E-state index contributed by atoms with van der Waals surface area (Å²) in [6, 6.07) is 18.6. The van der Waals surface area contributed by atoms with E-state index in [9.17, 15) is 19.8 Å². The molecule has 22 heavy (non-hydrogen) atoms. The summed E-state index contributed by atoms with van der Waals surface area (Å²) in [7, 11) is 0. The molecule has 0 heterocycles. The van der Waals surface area contributed by atoms with Crippen LogP contribution in [0.5, 0.6) is 0 Å². The maximum Gasteiger partial charge on any atom is 0.343 e. The summed E-state index contributed by atoms with van der Waals surface area (Å²) in [6.07, 6.45) is 0. The van der Waals surface area contributed by atoms with Crippen molar-refractivity contribution < 1.29 is 19.8 Å². The first-order chi connectivity index (χ1) is 10.5. The van der Waals surface area contributed by atoms with Crippen LogP contribution in [-0.2, 0) is 9.59 Å². The first-order valence-electron chi connectivity index (χ1n) is 6.79. The highest BCUT2D eigenvalue weighted by Gasteiger charge is 2.26. The first-order valence-corrected chi connectivity index (χ1v) is 6.79. The Balaban J connectivity index is 2.67. The lowest BCUT2D eigenvalue weighted by molar-refractivity contribution is -0.140. The van der Waals surface area contributed by atoms with Crippen molar-refractivity contribution in [2.24, 2.45) is 0 Å². The summed E-state index contributed by atoms with van der Waals surface area (Å²) in [5, 5.41) is 18.4. The van der Waals surface area contributed by atoms with Crippen LogP contribution in [0.3, 0.4) is 0 Å². The van der Waals surface area contributed by atoms with Crippen LogP contribution in [0.1, 0.15) is 24.0 Å². The van der Waals surface area contributed by atoms with Gasteiger partial charge in [0.2, 0.25) is 0 Å². The second-order valence-electron chi connectivity index (χ2n) is 4.92. The third kappa shape index (κ3) is 3.23. The van der Waals surface area contributed by atoms with E-state index in [0.717, 1.165) is 11.1 Å². The molecule has 0 saturated carbocycles. The molecule has 2 aromatic carbocycles. The van der Waals surface area contributed by atoms with E-state index >= 15 is 0 Å². The van der Waals surface area contributed by atoms with Gasteiger partial charge in [-0.05, 0) is 23.6 Å². The third-order valence-corrected chi connectivity index (χ3v) is 3.52. The fraction of sp³-hybridized carbons (Fsp3) is 0.111. The predicted octanol–water partition coefficient (Wildman–Crippen LogP) is 3.30. The molecule has 0 bridgehead atoms. The van der Waals surface area contributed by atoms with E-state index in [4.69, 9.17) is 0 Å². The van der Waals surface area contributed by atoms with Gasteiger partial charge in [0.25, 0.3) is 0 Å². The summed E-state index contributed by atoms with van der Waals surface area (Å²) in [5.41, 5.74) is 1.42. The van der Waals surface area contributed by atoms with E-state index in [1.807, 2.05) is 60.7 Å². The largest absolute Gasteiger partial charge is 0.477 e. The Morgan fingerprint density at radius 1 is 0.773 bits per heavy atom. The van der Waals surface area contributed by atoms with Crippen LogP contribution in [0.15, 0.2) is 71.8 Å². The van der Waals surface area contributed by atoms with Crippen LogP contribution < -0.4 is 0 Å². The molecule has 0 atom stereocenters. The highest BCUT2D eigenvalue weighted by atomic mass is 16.4. The van der Waals surface area contributed by atoms with E-state index in [-0.39, 0.29) is 0 Å². The monoisotopic (exact) mass is 296 g/mol. The Kier molecular flexibility index (Phi) is 4.73. The lowest BCUT2D eigenvalue weighted by atomic mass is 9.83. The van der Waals surface area contributed by atoms with Gasteiger partial charge in [0.1, 0.15) is 5.57 Å². The smallest absolute Gasteiger partial charge is 0.343 e. The Labute approximate surface area is 128 Å². The van der Waals surface area contributed by atoms with Crippen LogP contribution in [0.2, 0.25) is 0 Å². The average molecular weight is 296 g/mol. The van der Waals surface area contributed by atoms with E-state index in [2.05, 4.69) is 0 Å². The summed E-state index contributed by atoms with van der Waals surface area (Å²) >= 11 is 0. The standard InChI is InChI=1S/C18H16O4/c1-12(16(17(19)20)18(21)22)15(13-8-4-2-5-9-13)14-10-6-3-7-11-14/h2-11,15H,1H3,(H,19,20)(H,21,22). The molecule has 4 nitrogen and oxygen atoms in total. The molecule has 2 rings (SSSR count). The van der Waals surface area contributed by atoms with Crippen molar-refractivity contribution in [2.75, 3.05) is 0 Å². The van der Waals surface area contributed by atoms with Crippen molar-refractivity contribution >= 4 is 11.9 Å². The van der Waals surface area contributed by atoms with Crippen LogP contribution >= 0.6 is 0 Å². The van der Waals surface area contributed by atoms with Crippen molar-refractivity contribution in [2.45, 2.75) is 12.8 Å². The SMILES string of the molecule is CC(=C(C(=O)O)C(=O)O)C(c1ccccc1)c1ccccc1. The molecule has 0 spiro atoms. The van der Waals surface area contributed by atoms with Gasteiger partial charge in [0.05, 0.1) is 0 Å². The van der Waals surface area contributed by atoms with E-state index < -0.39 is 23.4 Å². The maximum absolute atomic E-state index is 11.3. The number of allylic oxidation sites excluding steroid dienone is 1. The predicted molar refractivity (Wildman–Crippen MR) is 82.7 cm³/mol. The lowest BCUT2D eigenvalue weighted by Gasteiger charge is -2.20. The number of carbonyl (C=O) groups is 2. The number of hydrogen-bond acceptors (Lipinski definition) is 2. The molecular weight excluding hydrogens is 280 g/mol. The Morgan fingerprint density at radius 3 is 1.45 bits per heavy atom. The van der Waals surface area contributed by atoms with Crippen molar-refractivity contribution in [3.8, 4) is 0 Å². The number of carboxylic acids is 2. The molecule has 112 valence electrons. The maximum atomic E-state index is 11.3. The zero-order valence-corrected chi connectivity index (χ0v) is 12.1. The zero-order valence-electron chi connectivity index (χ0n) is 12.1. The molecule has 2 N–H and O–H groups in total. The molecule has 0 fully saturated rings.